The molecule has 2 unspecified atom stereocenters. The standard InChI is InChI=1S/C22H27ClN2O3S/c1-4-21(25(29(3,27)28)20-12-10-19(23)11-13-20)22(26)24-15(2)17-9-8-16-6-5-7-18(16)14-17/h8-15,21H,4-7H2,1-3H3,(H,24,26). The number of fused-ring (bicyclic) bond motifs is 1. The van der Waals surface area contributed by atoms with Crippen molar-refractivity contribution in [3.63, 3.8) is 0 Å². The third-order valence-electron chi connectivity index (χ3n) is 5.39. The van der Waals surface area contributed by atoms with Gasteiger partial charge < -0.3 is 5.32 Å². The molecule has 1 aliphatic rings. The number of halogens is 1. The van der Waals surface area contributed by atoms with Crippen LogP contribution in [0.15, 0.2) is 42.5 Å². The van der Waals surface area contributed by atoms with Gasteiger partial charge in [-0.1, -0.05) is 36.7 Å². The number of carbonyl (C=O) groups excluding carboxylic acids is 1. The van der Waals surface area contributed by atoms with Gasteiger partial charge in [0.2, 0.25) is 15.9 Å². The van der Waals surface area contributed by atoms with Crippen molar-refractivity contribution in [3.05, 3.63) is 64.2 Å². The lowest BCUT2D eigenvalue weighted by Crippen LogP contribution is -2.49. The second kappa shape index (κ2) is 8.76. The van der Waals surface area contributed by atoms with Crippen LogP contribution in [-0.4, -0.2) is 26.6 Å². The smallest absolute Gasteiger partial charge is 0.244 e. The average Bonchev–Trinajstić information content (AvgIpc) is 3.13. The van der Waals surface area contributed by atoms with Crippen molar-refractivity contribution < 1.29 is 13.2 Å². The summed E-state index contributed by atoms with van der Waals surface area (Å²) in [5.74, 6) is -0.319. The van der Waals surface area contributed by atoms with E-state index in [0.29, 0.717) is 17.1 Å². The van der Waals surface area contributed by atoms with Crippen LogP contribution >= 0.6 is 11.6 Å². The third-order valence-corrected chi connectivity index (χ3v) is 6.82. The molecule has 2 atom stereocenters. The molecule has 0 saturated heterocycles. The Morgan fingerprint density at radius 2 is 1.79 bits per heavy atom. The van der Waals surface area contributed by atoms with E-state index in [4.69, 9.17) is 11.6 Å². The van der Waals surface area contributed by atoms with Gasteiger partial charge in [0.25, 0.3) is 0 Å². The Balaban J connectivity index is 1.83. The van der Waals surface area contributed by atoms with Gasteiger partial charge in [-0.05, 0) is 73.6 Å². The Morgan fingerprint density at radius 1 is 1.14 bits per heavy atom. The number of nitrogens with one attached hydrogen (secondary N) is 1. The largest absolute Gasteiger partial charge is 0.348 e. The Morgan fingerprint density at radius 3 is 2.41 bits per heavy atom. The lowest BCUT2D eigenvalue weighted by molar-refractivity contribution is -0.122. The van der Waals surface area contributed by atoms with Crippen molar-refractivity contribution in [3.8, 4) is 0 Å². The van der Waals surface area contributed by atoms with Gasteiger partial charge in [0.15, 0.2) is 0 Å². The van der Waals surface area contributed by atoms with Crippen LogP contribution in [0.25, 0.3) is 0 Å². The molecule has 2 aromatic rings. The summed E-state index contributed by atoms with van der Waals surface area (Å²) in [5, 5.41) is 3.51. The minimum absolute atomic E-state index is 0.214. The van der Waals surface area contributed by atoms with Crippen LogP contribution < -0.4 is 9.62 Å². The number of aryl methyl sites for hydroxylation is 2. The Hall–Kier alpha value is -2.05. The van der Waals surface area contributed by atoms with Crippen LogP contribution in [0.2, 0.25) is 5.02 Å². The van der Waals surface area contributed by atoms with E-state index in [1.807, 2.05) is 13.0 Å². The molecule has 1 N–H and O–H groups in total. The highest BCUT2D eigenvalue weighted by molar-refractivity contribution is 7.92. The van der Waals surface area contributed by atoms with Crippen LogP contribution in [0.3, 0.4) is 0 Å². The molecule has 2 aromatic carbocycles. The highest BCUT2D eigenvalue weighted by Crippen LogP contribution is 2.27. The molecule has 3 rings (SSSR count). The van der Waals surface area contributed by atoms with E-state index in [-0.39, 0.29) is 11.9 Å². The number of amides is 1. The average molecular weight is 435 g/mol. The molecule has 0 bridgehead atoms. The maximum atomic E-state index is 13.1. The fourth-order valence-electron chi connectivity index (χ4n) is 3.90. The van der Waals surface area contributed by atoms with Gasteiger partial charge in [-0.2, -0.15) is 0 Å². The molecular formula is C22H27ClN2O3S. The quantitative estimate of drug-likeness (QED) is 0.708. The number of benzene rings is 2. The summed E-state index contributed by atoms with van der Waals surface area (Å²) < 4.78 is 26.2. The summed E-state index contributed by atoms with van der Waals surface area (Å²) >= 11 is 5.94. The fourth-order valence-corrected chi connectivity index (χ4v) is 5.24. The van der Waals surface area contributed by atoms with E-state index in [0.717, 1.165) is 24.7 Å². The van der Waals surface area contributed by atoms with Gasteiger partial charge in [-0.25, -0.2) is 8.42 Å². The number of hydrogen-bond donors (Lipinski definition) is 1. The first-order valence-electron chi connectivity index (χ1n) is 9.87. The zero-order chi connectivity index (χ0) is 21.2. The molecule has 0 aromatic heterocycles. The minimum atomic E-state index is -3.67. The number of rotatable bonds is 7. The van der Waals surface area contributed by atoms with Crippen molar-refractivity contribution in [2.24, 2.45) is 0 Å². The SMILES string of the molecule is CCC(C(=O)NC(C)c1ccc2c(c1)CCC2)N(c1ccc(Cl)cc1)S(C)(=O)=O. The Labute approximate surface area is 178 Å². The van der Waals surface area contributed by atoms with E-state index < -0.39 is 16.1 Å². The monoisotopic (exact) mass is 434 g/mol. The van der Waals surface area contributed by atoms with Gasteiger partial charge in [0, 0.05) is 5.02 Å². The molecule has 0 aliphatic heterocycles. The molecule has 156 valence electrons. The minimum Gasteiger partial charge on any atom is -0.348 e. The first-order valence-corrected chi connectivity index (χ1v) is 12.1. The first-order chi connectivity index (χ1) is 13.7. The topological polar surface area (TPSA) is 66.5 Å². The Kier molecular flexibility index (Phi) is 6.54. The van der Waals surface area contributed by atoms with Crippen LogP contribution in [0, 0.1) is 0 Å². The highest BCUT2D eigenvalue weighted by Gasteiger charge is 2.32. The lowest BCUT2D eigenvalue weighted by atomic mass is 10.0. The molecule has 7 heteroatoms. The van der Waals surface area contributed by atoms with Gasteiger partial charge in [0.1, 0.15) is 6.04 Å². The van der Waals surface area contributed by atoms with Gasteiger partial charge >= 0.3 is 0 Å². The molecule has 0 fully saturated rings. The fraction of sp³-hybridized carbons (Fsp3) is 0.409. The molecule has 0 saturated carbocycles. The zero-order valence-corrected chi connectivity index (χ0v) is 18.6. The molecule has 29 heavy (non-hydrogen) atoms. The summed E-state index contributed by atoms with van der Waals surface area (Å²) in [7, 11) is -3.67. The van der Waals surface area contributed by atoms with Crippen molar-refractivity contribution in [2.45, 2.75) is 51.6 Å². The normalized spacial score (nSPS) is 15.4. The summed E-state index contributed by atoms with van der Waals surface area (Å²) in [4.78, 5) is 13.1. The second-order valence-electron chi connectivity index (χ2n) is 7.57. The van der Waals surface area contributed by atoms with E-state index in [2.05, 4.69) is 17.4 Å². The summed E-state index contributed by atoms with van der Waals surface area (Å²) in [6.07, 6.45) is 4.81. The van der Waals surface area contributed by atoms with Crippen LogP contribution in [-0.2, 0) is 27.7 Å². The van der Waals surface area contributed by atoms with Crippen molar-refractivity contribution >= 4 is 33.2 Å². The van der Waals surface area contributed by atoms with Crippen LogP contribution in [0.5, 0.6) is 0 Å². The zero-order valence-electron chi connectivity index (χ0n) is 17.0. The molecule has 0 heterocycles. The summed E-state index contributed by atoms with van der Waals surface area (Å²) in [6.45, 7) is 3.73. The number of hydrogen-bond acceptors (Lipinski definition) is 3. The van der Waals surface area contributed by atoms with E-state index in [1.54, 1.807) is 31.2 Å². The second-order valence-corrected chi connectivity index (χ2v) is 9.87. The van der Waals surface area contributed by atoms with Gasteiger partial charge in [-0.3, -0.25) is 9.10 Å². The number of nitrogens with zero attached hydrogens (tertiary/aromatic N) is 1. The predicted molar refractivity (Wildman–Crippen MR) is 118 cm³/mol. The molecule has 0 spiro atoms. The third kappa shape index (κ3) is 4.93. The first kappa shape index (κ1) is 21.7. The van der Waals surface area contributed by atoms with E-state index in [1.165, 1.54) is 21.9 Å². The number of carbonyl (C=O) groups is 1. The number of sulfonamides is 1. The number of anilines is 1. The summed E-state index contributed by atoms with van der Waals surface area (Å²) in [5.41, 5.74) is 4.18. The maximum absolute atomic E-state index is 13.1. The maximum Gasteiger partial charge on any atom is 0.244 e. The van der Waals surface area contributed by atoms with Gasteiger partial charge in [0.05, 0.1) is 18.0 Å². The summed E-state index contributed by atoms with van der Waals surface area (Å²) in [6, 6.07) is 11.7. The lowest BCUT2D eigenvalue weighted by Gasteiger charge is -2.31. The van der Waals surface area contributed by atoms with Crippen molar-refractivity contribution in [2.75, 3.05) is 10.6 Å². The molecule has 0 radical (unpaired) electrons. The van der Waals surface area contributed by atoms with Gasteiger partial charge in [-0.15, -0.1) is 0 Å². The van der Waals surface area contributed by atoms with Crippen LogP contribution in [0.4, 0.5) is 5.69 Å². The molecule has 5 nitrogen and oxygen atoms in total. The Bertz CT molecular complexity index is 990. The van der Waals surface area contributed by atoms with E-state index >= 15 is 0 Å². The molecular weight excluding hydrogens is 408 g/mol. The highest BCUT2D eigenvalue weighted by atomic mass is 35.5. The van der Waals surface area contributed by atoms with E-state index in [9.17, 15) is 13.2 Å². The molecule has 1 amide bonds. The van der Waals surface area contributed by atoms with Crippen molar-refractivity contribution in [1.29, 1.82) is 0 Å². The van der Waals surface area contributed by atoms with Crippen molar-refractivity contribution in [1.82, 2.24) is 5.32 Å². The van der Waals surface area contributed by atoms with Crippen LogP contribution in [0.1, 0.15) is 49.4 Å². The molecule has 1 aliphatic carbocycles. The predicted octanol–water partition coefficient (Wildman–Crippen LogP) is 4.25.